The van der Waals surface area contributed by atoms with Crippen LogP contribution in [0.2, 0.25) is 5.02 Å². The zero-order valence-electron chi connectivity index (χ0n) is 14.0. The van der Waals surface area contributed by atoms with Crippen LogP contribution in [0.4, 0.5) is 5.82 Å². The number of rotatable bonds is 3. The molecule has 1 aliphatic carbocycles. The molecule has 0 saturated heterocycles. The van der Waals surface area contributed by atoms with Crippen LogP contribution in [0.5, 0.6) is 0 Å². The van der Waals surface area contributed by atoms with Crippen LogP contribution in [0, 0.1) is 6.92 Å². The van der Waals surface area contributed by atoms with Crippen LogP contribution in [-0.4, -0.2) is 20.6 Å². The average Bonchev–Trinajstić information content (AvgIpc) is 3.36. The molecule has 1 aliphatic rings. The molecular formula is C19H15ClN4O2. The number of aromatic nitrogens is 3. The van der Waals surface area contributed by atoms with Gasteiger partial charge in [0, 0.05) is 22.1 Å². The van der Waals surface area contributed by atoms with Crippen LogP contribution in [0.3, 0.4) is 0 Å². The van der Waals surface area contributed by atoms with E-state index in [4.69, 9.17) is 16.0 Å². The zero-order chi connectivity index (χ0) is 17.8. The highest BCUT2D eigenvalue weighted by atomic mass is 35.5. The smallest absolute Gasteiger partial charge is 0.354 e. The molecule has 0 spiro atoms. The van der Waals surface area contributed by atoms with Crippen molar-refractivity contribution in [3.63, 3.8) is 0 Å². The van der Waals surface area contributed by atoms with E-state index in [1.54, 1.807) is 24.4 Å². The minimum Gasteiger partial charge on any atom is -0.450 e. The van der Waals surface area contributed by atoms with E-state index >= 15 is 0 Å². The van der Waals surface area contributed by atoms with Crippen molar-refractivity contribution >= 4 is 39.5 Å². The van der Waals surface area contributed by atoms with E-state index in [9.17, 15) is 4.79 Å². The van der Waals surface area contributed by atoms with E-state index in [2.05, 4.69) is 15.3 Å². The normalized spacial score (nSPS) is 14.2. The standard InChI is InChI=1S/C19H15ClN4O2/c1-10-2-6-13(9-21-10)24-16-14-8-11(20)3-7-15(14)26-17(16)18(23-19(24)25)22-12-4-5-12/h2-3,6-9,12H,4-5H2,1H3,(H,22,23,25). The van der Waals surface area contributed by atoms with Crippen LogP contribution in [0.25, 0.3) is 27.8 Å². The number of benzene rings is 1. The van der Waals surface area contributed by atoms with E-state index in [0.29, 0.717) is 39.3 Å². The van der Waals surface area contributed by atoms with Gasteiger partial charge in [-0.1, -0.05) is 11.6 Å². The number of furan rings is 1. The van der Waals surface area contributed by atoms with Crippen molar-refractivity contribution in [2.45, 2.75) is 25.8 Å². The summed E-state index contributed by atoms with van der Waals surface area (Å²) >= 11 is 6.20. The van der Waals surface area contributed by atoms with Gasteiger partial charge >= 0.3 is 5.69 Å². The Labute approximate surface area is 153 Å². The fraction of sp³-hybridized carbons (Fsp3) is 0.211. The highest BCUT2D eigenvalue weighted by Crippen LogP contribution is 2.35. The van der Waals surface area contributed by atoms with Crippen molar-refractivity contribution in [1.29, 1.82) is 0 Å². The van der Waals surface area contributed by atoms with Crippen molar-refractivity contribution in [3.05, 3.63) is 57.7 Å². The van der Waals surface area contributed by atoms with Gasteiger partial charge in [0.1, 0.15) is 11.1 Å². The van der Waals surface area contributed by atoms with Gasteiger partial charge in [-0.05, 0) is 50.1 Å². The topological polar surface area (TPSA) is 73.0 Å². The van der Waals surface area contributed by atoms with Gasteiger partial charge in [0.05, 0.1) is 11.9 Å². The predicted octanol–water partition coefficient (Wildman–Crippen LogP) is 4.06. The Kier molecular flexibility index (Phi) is 3.30. The van der Waals surface area contributed by atoms with Crippen LogP contribution in [0.1, 0.15) is 18.5 Å². The molecule has 1 saturated carbocycles. The summed E-state index contributed by atoms with van der Waals surface area (Å²) in [5, 5.41) is 4.64. The highest BCUT2D eigenvalue weighted by molar-refractivity contribution is 6.31. The number of nitrogens with zero attached hydrogens (tertiary/aromatic N) is 3. The van der Waals surface area contributed by atoms with Gasteiger partial charge in [-0.15, -0.1) is 0 Å². The summed E-state index contributed by atoms with van der Waals surface area (Å²) < 4.78 is 7.57. The summed E-state index contributed by atoms with van der Waals surface area (Å²) in [4.78, 5) is 21.4. The Bertz CT molecular complexity index is 1210. The Hall–Kier alpha value is -2.86. The third-order valence-corrected chi connectivity index (χ3v) is 4.77. The third kappa shape index (κ3) is 2.45. The van der Waals surface area contributed by atoms with Crippen molar-refractivity contribution in [2.75, 3.05) is 5.32 Å². The Balaban J connectivity index is 1.89. The quantitative estimate of drug-likeness (QED) is 0.591. The zero-order valence-corrected chi connectivity index (χ0v) is 14.7. The van der Waals surface area contributed by atoms with Gasteiger partial charge in [0.15, 0.2) is 11.4 Å². The van der Waals surface area contributed by atoms with Gasteiger partial charge in [-0.3, -0.25) is 9.55 Å². The Morgan fingerprint density at radius 2 is 2.12 bits per heavy atom. The monoisotopic (exact) mass is 366 g/mol. The second-order valence-corrected chi connectivity index (χ2v) is 7.01. The lowest BCUT2D eigenvalue weighted by molar-refractivity contribution is 0.664. The van der Waals surface area contributed by atoms with Crippen LogP contribution in [-0.2, 0) is 0 Å². The van der Waals surface area contributed by atoms with Gasteiger partial charge in [0.2, 0.25) is 0 Å². The molecule has 0 atom stereocenters. The fourth-order valence-electron chi connectivity index (χ4n) is 3.08. The first kappa shape index (κ1) is 15.4. The molecule has 1 N–H and O–H groups in total. The summed E-state index contributed by atoms with van der Waals surface area (Å²) in [7, 11) is 0. The molecule has 130 valence electrons. The predicted molar refractivity (Wildman–Crippen MR) is 101 cm³/mol. The molecule has 5 rings (SSSR count). The molecule has 0 unspecified atom stereocenters. The maximum atomic E-state index is 12.9. The van der Waals surface area contributed by atoms with Crippen LogP contribution >= 0.6 is 11.6 Å². The van der Waals surface area contributed by atoms with E-state index in [0.717, 1.165) is 23.9 Å². The minimum atomic E-state index is -0.381. The number of anilines is 1. The molecule has 1 aromatic carbocycles. The van der Waals surface area contributed by atoms with E-state index in [-0.39, 0.29) is 5.69 Å². The first-order valence-electron chi connectivity index (χ1n) is 8.44. The number of hydrogen-bond acceptors (Lipinski definition) is 5. The lowest BCUT2D eigenvalue weighted by Crippen LogP contribution is -2.23. The Morgan fingerprint density at radius 3 is 2.85 bits per heavy atom. The number of halogens is 1. The second kappa shape index (κ2) is 5.57. The largest absolute Gasteiger partial charge is 0.450 e. The van der Waals surface area contributed by atoms with Crippen molar-refractivity contribution in [2.24, 2.45) is 0 Å². The van der Waals surface area contributed by atoms with Gasteiger partial charge in [0.25, 0.3) is 0 Å². The molecule has 26 heavy (non-hydrogen) atoms. The molecule has 3 aromatic heterocycles. The molecule has 0 aliphatic heterocycles. The lowest BCUT2D eigenvalue weighted by atomic mass is 10.2. The van der Waals surface area contributed by atoms with Crippen LogP contribution in [0.15, 0.2) is 45.7 Å². The number of hydrogen-bond donors (Lipinski definition) is 1. The van der Waals surface area contributed by atoms with Crippen molar-refractivity contribution in [1.82, 2.24) is 14.5 Å². The van der Waals surface area contributed by atoms with E-state index in [1.165, 1.54) is 4.57 Å². The molecule has 4 aromatic rings. The van der Waals surface area contributed by atoms with Gasteiger partial charge in [-0.25, -0.2) is 4.79 Å². The maximum absolute atomic E-state index is 12.9. The molecule has 3 heterocycles. The van der Waals surface area contributed by atoms with E-state index < -0.39 is 0 Å². The first-order valence-corrected chi connectivity index (χ1v) is 8.82. The van der Waals surface area contributed by atoms with E-state index in [1.807, 2.05) is 19.1 Å². The molecule has 0 bridgehead atoms. The number of fused-ring (bicyclic) bond motifs is 3. The number of aryl methyl sites for hydroxylation is 1. The summed E-state index contributed by atoms with van der Waals surface area (Å²) in [5.41, 5.74) is 2.99. The first-order chi connectivity index (χ1) is 12.6. The fourth-order valence-corrected chi connectivity index (χ4v) is 3.25. The molecule has 6 nitrogen and oxygen atoms in total. The van der Waals surface area contributed by atoms with Gasteiger partial charge < -0.3 is 9.73 Å². The molecular weight excluding hydrogens is 352 g/mol. The highest BCUT2D eigenvalue weighted by Gasteiger charge is 2.26. The molecule has 0 amide bonds. The SMILES string of the molecule is Cc1ccc(-n2c(=O)nc(NC3CC3)c3oc4ccc(Cl)cc4c32)cn1. The second-order valence-electron chi connectivity index (χ2n) is 6.58. The lowest BCUT2D eigenvalue weighted by Gasteiger charge is -2.10. The number of nitrogens with one attached hydrogen (secondary N) is 1. The third-order valence-electron chi connectivity index (χ3n) is 4.53. The average molecular weight is 367 g/mol. The summed E-state index contributed by atoms with van der Waals surface area (Å²) in [6.07, 6.45) is 3.80. The maximum Gasteiger partial charge on any atom is 0.354 e. The van der Waals surface area contributed by atoms with Crippen molar-refractivity contribution in [3.8, 4) is 5.69 Å². The molecule has 1 fully saturated rings. The van der Waals surface area contributed by atoms with Gasteiger partial charge in [-0.2, -0.15) is 4.98 Å². The summed E-state index contributed by atoms with van der Waals surface area (Å²) in [6, 6.07) is 9.44. The van der Waals surface area contributed by atoms with Crippen LogP contribution < -0.4 is 11.0 Å². The molecule has 0 radical (unpaired) electrons. The Morgan fingerprint density at radius 1 is 1.27 bits per heavy atom. The van der Waals surface area contributed by atoms with Crippen molar-refractivity contribution < 1.29 is 4.42 Å². The number of pyridine rings is 1. The molecule has 7 heteroatoms. The summed E-state index contributed by atoms with van der Waals surface area (Å²) in [6.45, 7) is 1.90. The minimum absolute atomic E-state index is 0.346. The summed E-state index contributed by atoms with van der Waals surface area (Å²) in [5.74, 6) is 0.483.